The van der Waals surface area contributed by atoms with Crippen molar-refractivity contribution < 1.29 is 24.3 Å². The molecule has 0 bridgehead atoms. The number of carboxylic acids is 1. The maximum atomic E-state index is 12.8. The zero-order chi connectivity index (χ0) is 22.0. The van der Waals surface area contributed by atoms with Crippen molar-refractivity contribution in [2.75, 3.05) is 6.54 Å². The Morgan fingerprint density at radius 3 is 2.42 bits per heavy atom. The Morgan fingerprint density at radius 2 is 1.71 bits per heavy atom. The quantitative estimate of drug-likeness (QED) is 0.660. The number of urea groups is 1. The first kappa shape index (κ1) is 20.6. The van der Waals surface area contributed by atoms with Gasteiger partial charge in [0.1, 0.15) is 12.1 Å². The number of hydrogen-bond donors (Lipinski definition) is 2. The molecule has 1 fully saturated rings. The highest BCUT2D eigenvalue weighted by molar-refractivity contribution is 6.05. The van der Waals surface area contributed by atoms with Gasteiger partial charge in [0, 0.05) is 32.4 Å². The van der Waals surface area contributed by atoms with Gasteiger partial charge < -0.3 is 15.3 Å². The third kappa shape index (κ3) is 4.28. The molecule has 2 aliphatic heterocycles. The van der Waals surface area contributed by atoms with Gasteiger partial charge >= 0.3 is 12.0 Å². The van der Waals surface area contributed by atoms with Crippen LogP contribution in [0.5, 0.6) is 0 Å². The van der Waals surface area contributed by atoms with Gasteiger partial charge in [0.15, 0.2) is 0 Å². The molecule has 2 atom stereocenters. The summed E-state index contributed by atoms with van der Waals surface area (Å²) >= 11 is 0. The summed E-state index contributed by atoms with van der Waals surface area (Å²) in [6.07, 6.45) is 0.461. The van der Waals surface area contributed by atoms with Crippen LogP contribution in [0.2, 0.25) is 0 Å². The Balaban J connectivity index is 1.35. The number of carbonyl (C=O) groups is 4. The predicted molar refractivity (Wildman–Crippen MR) is 111 cm³/mol. The van der Waals surface area contributed by atoms with E-state index in [2.05, 4.69) is 5.32 Å². The number of rotatable bonds is 7. The van der Waals surface area contributed by atoms with Crippen LogP contribution in [-0.2, 0) is 33.8 Å². The van der Waals surface area contributed by atoms with Crippen molar-refractivity contribution in [2.45, 2.75) is 37.9 Å². The number of fused-ring (bicyclic) bond motifs is 2. The summed E-state index contributed by atoms with van der Waals surface area (Å²) in [5, 5.41) is 11.9. The van der Waals surface area contributed by atoms with Gasteiger partial charge in [0.05, 0.1) is 0 Å². The third-order valence-corrected chi connectivity index (χ3v) is 5.75. The fourth-order valence-electron chi connectivity index (χ4n) is 4.11. The molecule has 4 rings (SSSR count). The summed E-state index contributed by atoms with van der Waals surface area (Å²) in [6, 6.07) is 14.7. The monoisotopic (exact) mass is 421 g/mol. The summed E-state index contributed by atoms with van der Waals surface area (Å²) in [6.45, 7) is 0.288. The first-order chi connectivity index (χ1) is 14.9. The van der Waals surface area contributed by atoms with Crippen molar-refractivity contribution in [2.24, 2.45) is 0 Å². The van der Waals surface area contributed by atoms with Crippen LogP contribution in [0.15, 0.2) is 54.6 Å². The molecule has 1 saturated heterocycles. The van der Waals surface area contributed by atoms with Crippen molar-refractivity contribution in [1.82, 2.24) is 15.1 Å². The van der Waals surface area contributed by atoms with Gasteiger partial charge in [0.25, 0.3) is 5.91 Å². The molecule has 8 heteroatoms. The molecule has 0 aliphatic carbocycles. The highest BCUT2D eigenvalue weighted by atomic mass is 16.4. The Hall–Kier alpha value is -3.68. The molecule has 160 valence electrons. The largest absolute Gasteiger partial charge is 0.480 e. The molecule has 2 aliphatic rings. The van der Waals surface area contributed by atoms with Crippen LogP contribution in [0, 0.1) is 0 Å². The van der Waals surface area contributed by atoms with Crippen LogP contribution in [-0.4, -0.2) is 57.3 Å². The number of benzene rings is 2. The molecule has 31 heavy (non-hydrogen) atoms. The lowest BCUT2D eigenvalue weighted by molar-refractivity contribution is -0.142. The molecule has 0 unspecified atom stereocenters. The van der Waals surface area contributed by atoms with E-state index in [4.69, 9.17) is 0 Å². The SMILES string of the molecule is O=C(CCN1C(=O)[C@H]2Cc3ccccc3CN2C1=O)N[C@H](Cc1ccccc1)C(=O)O. The average molecular weight is 421 g/mol. The molecule has 0 saturated carbocycles. The van der Waals surface area contributed by atoms with Crippen LogP contribution >= 0.6 is 0 Å². The summed E-state index contributed by atoms with van der Waals surface area (Å²) in [7, 11) is 0. The molecule has 2 N–H and O–H groups in total. The first-order valence-electron chi connectivity index (χ1n) is 10.2. The molecular weight excluding hydrogens is 398 g/mol. The van der Waals surface area contributed by atoms with Gasteiger partial charge in [-0.1, -0.05) is 54.6 Å². The third-order valence-electron chi connectivity index (χ3n) is 5.75. The van der Waals surface area contributed by atoms with Crippen LogP contribution in [0.4, 0.5) is 4.79 Å². The standard InChI is InChI=1S/C23H23N3O5/c27-20(24-18(22(29)30)12-15-6-2-1-3-7-15)10-11-25-21(28)19-13-16-8-4-5-9-17(16)14-26(19)23(25)31/h1-9,18-19H,10-14H2,(H,24,27)(H,29,30)/t18-,19-/m1/s1. The highest BCUT2D eigenvalue weighted by Crippen LogP contribution is 2.29. The van der Waals surface area contributed by atoms with E-state index in [1.165, 1.54) is 4.90 Å². The molecular formula is C23H23N3O5. The second-order valence-corrected chi connectivity index (χ2v) is 7.79. The zero-order valence-electron chi connectivity index (χ0n) is 16.9. The van der Waals surface area contributed by atoms with E-state index in [9.17, 15) is 24.3 Å². The molecule has 2 aromatic carbocycles. The molecule has 0 spiro atoms. The Morgan fingerprint density at radius 1 is 1.03 bits per heavy atom. The van der Waals surface area contributed by atoms with Crippen molar-refractivity contribution in [3.05, 3.63) is 71.3 Å². The average Bonchev–Trinajstić information content (AvgIpc) is 3.00. The minimum atomic E-state index is -1.14. The van der Waals surface area contributed by atoms with Gasteiger partial charge in [-0.3, -0.25) is 14.5 Å². The summed E-state index contributed by atoms with van der Waals surface area (Å²) in [5.41, 5.74) is 2.86. The maximum absolute atomic E-state index is 12.8. The fourth-order valence-corrected chi connectivity index (χ4v) is 4.11. The lowest BCUT2D eigenvalue weighted by Crippen LogP contribution is -2.44. The van der Waals surface area contributed by atoms with E-state index in [0.29, 0.717) is 13.0 Å². The van der Waals surface area contributed by atoms with E-state index < -0.39 is 30.0 Å². The number of imide groups is 1. The molecule has 2 heterocycles. The number of amides is 4. The van der Waals surface area contributed by atoms with Gasteiger partial charge in [-0.25, -0.2) is 9.59 Å². The second-order valence-electron chi connectivity index (χ2n) is 7.79. The molecule has 0 radical (unpaired) electrons. The maximum Gasteiger partial charge on any atom is 0.327 e. The van der Waals surface area contributed by atoms with Crippen molar-refractivity contribution in [1.29, 1.82) is 0 Å². The first-order valence-corrected chi connectivity index (χ1v) is 10.2. The summed E-state index contributed by atoms with van der Waals surface area (Å²) in [4.78, 5) is 52.1. The normalized spacial score (nSPS) is 18.4. The highest BCUT2D eigenvalue weighted by Gasteiger charge is 2.46. The number of carboxylic acid groups (broad SMARTS) is 1. The molecule has 2 aromatic rings. The van der Waals surface area contributed by atoms with E-state index in [1.54, 1.807) is 24.3 Å². The van der Waals surface area contributed by atoms with Crippen molar-refractivity contribution in [3.63, 3.8) is 0 Å². The smallest absolute Gasteiger partial charge is 0.327 e. The van der Waals surface area contributed by atoms with Crippen LogP contribution < -0.4 is 5.32 Å². The van der Waals surface area contributed by atoms with Crippen LogP contribution in [0.25, 0.3) is 0 Å². The van der Waals surface area contributed by atoms with Crippen molar-refractivity contribution in [3.8, 4) is 0 Å². The number of hydrogen-bond acceptors (Lipinski definition) is 4. The Kier molecular flexibility index (Phi) is 5.70. The number of aliphatic carboxylic acids is 1. The number of carbonyl (C=O) groups excluding carboxylic acids is 3. The fraction of sp³-hybridized carbons (Fsp3) is 0.304. The Bertz CT molecular complexity index is 980. The van der Waals surface area contributed by atoms with Gasteiger partial charge in [0.2, 0.25) is 5.91 Å². The van der Waals surface area contributed by atoms with Gasteiger partial charge in [-0.2, -0.15) is 0 Å². The van der Waals surface area contributed by atoms with E-state index in [0.717, 1.165) is 21.6 Å². The topological polar surface area (TPSA) is 107 Å². The second kappa shape index (κ2) is 8.59. The number of nitrogens with zero attached hydrogens (tertiary/aromatic N) is 2. The van der Waals surface area contributed by atoms with Crippen molar-refractivity contribution >= 4 is 23.8 Å². The van der Waals surface area contributed by atoms with Gasteiger partial charge in [-0.05, 0) is 16.7 Å². The lowest BCUT2D eigenvalue weighted by atomic mass is 9.95. The predicted octanol–water partition coefficient (Wildman–Crippen LogP) is 1.58. The minimum absolute atomic E-state index is 0.0788. The zero-order valence-corrected chi connectivity index (χ0v) is 16.9. The molecule has 8 nitrogen and oxygen atoms in total. The van der Waals surface area contributed by atoms with Crippen LogP contribution in [0.3, 0.4) is 0 Å². The van der Waals surface area contributed by atoms with E-state index >= 15 is 0 Å². The van der Waals surface area contributed by atoms with Crippen LogP contribution in [0.1, 0.15) is 23.1 Å². The van der Waals surface area contributed by atoms with Gasteiger partial charge in [-0.15, -0.1) is 0 Å². The number of nitrogens with one attached hydrogen (secondary N) is 1. The minimum Gasteiger partial charge on any atom is -0.480 e. The lowest BCUT2D eigenvalue weighted by Gasteiger charge is -2.28. The molecule has 0 aromatic heterocycles. The Labute approximate surface area is 179 Å². The summed E-state index contributed by atoms with van der Waals surface area (Å²) in [5.74, 6) is -1.97. The van der Waals surface area contributed by atoms with E-state index in [-0.39, 0.29) is 25.3 Å². The van der Waals surface area contributed by atoms with E-state index in [1.807, 2.05) is 30.3 Å². The molecule has 4 amide bonds. The summed E-state index contributed by atoms with van der Waals surface area (Å²) < 4.78 is 0.